The molecule has 2 aromatic heterocycles. The molecule has 0 aliphatic carbocycles. The number of nitrogen functional groups attached to an aromatic ring is 1. The molecule has 1 aromatic carbocycles. The Kier molecular flexibility index (Phi) is 3.50. The number of rotatable bonds is 3. The maximum Gasteiger partial charge on any atom is 0.230 e. The van der Waals surface area contributed by atoms with Gasteiger partial charge in [-0.1, -0.05) is 17.3 Å². The van der Waals surface area contributed by atoms with Gasteiger partial charge < -0.3 is 15.0 Å². The van der Waals surface area contributed by atoms with Gasteiger partial charge in [-0.15, -0.1) is 11.3 Å². The molecule has 0 aliphatic heterocycles. The van der Waals surface area contributed by atoms with Gasteiger partial charge in [0.15, 0.2) is 0 Å². The minimum Gasteiger partial charge on any atom is -0.497 e. The molecule has 2 heterocycles. The lowest BCUT2D eigenvalue weighted by Gasteiger charge is -2.03. The zero-order valence-electron chi connectivity index (χ0n) is 10.6. The number of nitrogens with two attached hydrogens (primary N) is 1. The first-order valence-corrected chi connectivity index (χ1v) is 7.45. The van der Waals surface area contributed by atoms with Gasteiger partial charge in [0.25, 0.3) is 0 Å². The molecule has 3 rings (SSSR count). The molecule has 0 saturated carbocycles. The van der Waals surface area contributed by atoms with E-state index in [4.69, 9.17) is 15.0 Å². The van der Waals surface area contributed by atoms with Crippen LogP contribution < -0.4 is 10.5 Å². The van der Waals surface area contributed by atoms with E-state index in [0.29, 0.717) is 5.88 Å². The number of aromatic nitrogens is 1. The molecule has 0 saturated heterocycles. The maximum atomic E-state index is 5.92. The van der Waals surface area contributed by atoms with Crippen molar-refractivity contribution in [2.24, 2.45) is 0 Å². The van der Waals surface area contributed by atoms with Gasteiger partial charge in [-0.2, -0.15) is 0 Å². The fourth-order valence-electron chi connectivity index (χ4n) is 1.95. The molecule has 6 heteroatoms. The molecule has 2 N–H and O–H groups in total. The first-order valence-electron chi connectivity index (χ1n) is 5.84. The van der Waals surface area contributed by atoms with E-state index in [9.17, 15) is 0 Å². The monoisotopic (exact) mass is 350 g/mol. The lowest BCUT2D eigenvalue weighted by Crippen LogP contribution is -1.87. The van der Waals surface area contributed by atoms with Gasteiger partial charge >= 0.3 is 0 Å². The number of anilines is 1. The lowest BCUT2D eigenvalue weighted by molar-refractivity contribution is 0.415. The van der Waals surface area contributed by atoms with Crippen molar-refractivity contribution in [3.05, 3.63) is 40.2 Å². The molecular formula is C14H11BrN2O2S. The number of benzene rings is 1. The Balaban J connectivity index is 2.10. The molecule has 4 nitrogen and oxygen atoms in total. The minimum absolute atomic E-state index is 0.315. The zero-order valence-corrected chi connectivity index (χ0v) is 13.0. The summed E-state index contributed by atoms with van der Waals surface area (Å²) in [5.41, 5.74) is 8.43. The van der Waals surface area contributed by atoms with E-state index in [0.717, 1.165) is 31.2 Å². The van der Waals surface area contributed by atoms with Gasteiger partial charge in [-0.3, -0.25) is 0 Å². The molecule has 0 spiro atoms. The van der Waals surface area contributed by atoms with Crippen molar-refractivity contribution in [3.63, 3.8) is 0 Å². The summed E-state index contributed by atoms with van der Waals surface area (Å²) in [5.74, 6) is 1.11. The van der Waals surface area contributed by atoms with Crippen LogP contribution in [0.1, 0.15) is 0 Å². The second kappa shape index (κ2) is 5.30. The zero-order chi connectivity index (χ0) is 14.1. The average molecular weight is 351 g/mol. The van der Waals surface area contributed by atoms with Crippen molar-refractivity contribution in [1.29, 1.82) is 0 Å². The molecule has 0 atom stereocenters. The molecule has 0 radical (unpaired) electrons. The fraction of sp³-hybridized carbons (Fsp3) is 0.0714. The summed E-state index contributed by atoms with van der Waals surface area (Å²) in [6, 6.07) is 11.6. The number of hydrogen-bond donors (Lipinski definition) is 1. The predicted molar refractivity (Wildman–Crippen MR) is 83.9 cm³/mol. The third kappa shape index (κ3) is 2.32. The first kappa shape index (κ1) is 13.2. The third-order valence-electron chi connectivity index (χ3n) is 2.90. The standard InChI is InChI=1S/C14H11BrN2O2S/c1-18-9-4-2-8(3-5-9)12-13(17-19-14(12)16)10-6-7-11(15)20-10/h2-7H,16H2,1H3. The Morgan fingerprint density at radius 2 is 1.95 bits per heavy atom. The predicted octanol–water partition coefficient (Wildman–Crippen LogP) is 4.42. The van der Waals surface area contributed by atoms with E-state index in [1.807, 2.05) is 36.4 Å². The van der Waals surface area contributed by atoms with E-state index in [1.54, 1.807) is 18.4 Å². The topological polar surface area (TPSA) is 61.3 Å². The van der Waals surface area contributed by atoms with Crippen LogP contribution >= 0.6 is 27.3 Å². The van der Waals surface area contributed by atoms with Crippen LogP contribution in [-0.4, -0.2) is 12.3 Å². The van der Waals surface area contributed by atoms with Crippen LogP contribution in [0.25, 0.3) is 21.7 Å². The molecule has 0 fully saturated rings. The molecule has 20 heavy (non-hydrogen) atoms. The van der Waals surface area contributed by atoms with Crippen LogP contribution in [0.3, 0.4) is 0 Å². The first-order chi connectivity index (χ1) is 9.69. The highest BCUT2D eigenvalue weighted by atomic mass is 79.9. The van der Waals surface area contributed by atoms with Gasteiger partial charge in [0, 0.05) is 0 Å². The Morgan fingerprint density at radius 3 is 2.55 bits per heavy atom. The van der Waals surface area contributed by atoms with Gasteiger partial charge in [0.2, 0.25) is 5.88 Å². The second-order valence-electron chi connectivity index (χ2n) is 4.10. The summed E-state index contributed by atoms with van der Waals surface area (Å²) in [7, 11) is 1.64. The summed E-state index contributed by atoms with van der Waals surface area (Å²) < 4.78 is 11.4. The SMILES string of the molecule is COc1ccc(-c2c(-c3ccc(Br)s3)noc2N)cc1. The summed E-state index contributed by atoms with van der Waals surface area (Å²) in [6.07, 6.45) is 0. The van der Waals surface area contributed by atoms with Crippen LogP contribution in [-0.2, 0) is 0 Å². The molecule has 0 unspecified atom stereocenters. The van der Waals surface area contributed by atoms with E-state index in [-0.39, 0.29) is 0 Å². The summed E-state index contributed by atoms with van der Waals surface area (Å²) >= 11 is 5.03. The van der Waals surface area contributed by atoms with Gasteiger partial charge in [-0.25, -0.2) is 0 Å². The van der Waals surface area contributed by atoms with Crippen LogP contribution in [0.5, 0.6) is 5.75 Å². The van der Waals surface area contributed by atoms with E-state index >= 15 is 0 Å². The van der Waals surface area contributed by atoms with Crippen molar-refractivity contribution in [1.82, 2.24) is 5.16 Å². The van der Waals surface area contributed by atoms with Crippen LogP contribution in [0.4, 0.5) is 5.88 Å². The second-order valence-corrected chi connectivity index (χ2v) is 6.57. The highest BCUT2D eigenvalue weighted by Crippen LogP contribution is 2.40. The Labute approximate surface area is 128 Å². The molecule has 0 bridgehead atoms. The van der Waals surface area contributed by atoms with Gasteiger partial charge in [0.1, 0.15) is 11.4 Å². The van der Waals surface area contributed by atoms with Crippen molar-refractivity contribution in [3.8, 4) is 27.4 Å². The van der Waals surface area contributed by atoms with Crippen LogP contribution in [0, 0.1) is 0 Å². The highest BCUT2D eigenvalue weighted by molar-refractivity contribution is 9.11. The smallest absolute Gasteiger partial charge is 0.230 e. The molecular weight excluding hydrogens is 340 g/mol. The molecule has 3 aromatic rings. The van der Waals surface area contributed by atoms with Crippen LogP contribution in [0.2, 0.25) is 0 Å². The number of thiophene rings is 1. The third-order valence-corrected chi connectivity index (χ3v) is 4.53. The Bertz CT molecular complexity index is 734. The van der Waals surface area contributed by atoms with E-state index in [1.165, 1.54) is 0 Å². The van der Waals surface area contributed by atoms with Crippen molar-refractivity contribution < 1.29 is 9.26 Å². The number of nitrogens with zero attached hydrogens (tertiary/aromatic N) is 1. The molecule has 0 amide bonds. The van der Waals surface area contributed by atoms with E-state index in [2.05, 4.69) is 21.1 Å². The maximum absolute atomic E-state index is 5.92. The summed E-state index contributed by atoms with van der Waals surface area (Å²) in [6.45, 7) is 0. The fourth-order valence-corrected chi connectivity index (χ4v) is 3.32. The van der Waals surface area contributed by atoms with Crippen molar-refractivity contribution in [2.45, 2.75) is 0 Å². The summed E-state index contributed by atoms with van der Waals surface area (Å²) in [4.78, 5) is 1.00. The quantitative estimate of drug-likeness (QED) is 0.759. The Hall–Kier alpha value is -1.79. The largest absolute Gasteiger partial charge is 0.497 e. The van der Waals surface area contributed by atoms with Crippen molar-refractivity contribution >= 4 is 33.2 Å². The van der Waals surface area contributed by atoms with Crippen LogP contribution in [0.15, 0.2) is 44.7 Å². The number of ether oxygens (including phenoxy) is 1. The van der Waals surface area contributed by atoms with E-state index < -0.39 is 0 Å². The summed E-state index contributed by atoms with van der Waals surface area (Å²) in [5, 5.41) is 4.08. The van der Waals surface area contributed by atoms with Gasteiger partial charge in [-0.05, 0) is 45.8 Å². The number of hydrogen-bond acceptors (Lipinski definition) is 5. The Morgan fingerprint density at radius 1 is 1.20 bits per heavy atom. The molecule has 0 aliphatic rings. The highest BCUT2D eigenvalue weighted by Gasteiger charge is 2.18. The van der Waals surface area contributed by atoms with Crippen molar-refractivity contribution in [2.75, 3.05) is 12.8 Å². The number of methoxy groups -OCH3 is 1. The lowest BCUT2D eigenvalue weighted by atomic mass is 10.0. The number of halogens is 1. The normalized spacial score (nSPS) is 10.7. The minimum atomic E-state index is 0.315. The van der Waals surface area contributed by atoms with Gasteiger partial charge in [0.05, 0.1) is 21.3 Å². The molecule has 102 valence electrons. The average Bonchev–Trinajstić information content (AvgIpc) is 3.05.